The van der Waals surface area contributed by atoms with Gasteiger partial charge in [-0.05, 0) is 0 Å². The van der Waals surface area contributed by atoms with E-state index in [1.807, 2.05) is 0 Å². The number of rotatable bonds is 0. The van der Waals surface area contributed by atoms with Gasteiger partial charge in [0.15, 0.2) is 17.4 Å². The van der Waals surface area contributed by atoms with E-state index in [1.54, 1.807) is 0 Å². The minimum atomic E-state index is -5.14. The summed E-state index contributed by atoms with van der Waals surface area (Å²) in [6.45, 7) is -2.03. The van der Waals surface area contributed by atoms with Crippen LogP contribution in [0.3, 0.4) is 0 Å². The minimum absolute atomic E-state index is 0.0524. The number of phosphoric acid groups is 2. The molecule has 2 aromatic heterocycles. The number of imidazole rings is 1. The predicted octanol–water partition coefficient (Wildman–Crippen LogP) is -1.97. The molecule has 32 heavy (non-hydrogen) atoms. The van der Waals surface area contributed by atoms with Gasteiger partial charge in [0.2, 0.25) is 5.95 Å². The van der Waals surface area contributed by atoms with Crippen molar-refractivity contribution < 1.29 is 52.0 Å². The Morgan fingerprint density at radius 1 is 1.12 bits per heavy atom. The lowest BCUT2D eigenvalue weighted by Gasteiger charge is -2.19. The van der Waals surface area contributed by atoms with E-state index in [9.17, 15) is 33.9 Å². The zero-order chi connectivity index (χ0) is 23.3. The van der Waals surface area contributed by atoms with Crippen LogP contribution in [0, 0.1) is 0 Å². The van der Waals surface area contributed by atoms with Gasteiger partial charge in [-0.25, -0.2) is 19.1 Å². The lowest BCUT2D eigenvalue weighted by atomic mass is 10.1. The summed E-state index contributed by atoms with van der Waals surface area (Å²) in [6, 6.07) is 0. The Morgan fingerprint density at radius 2 is 1.84 bits per heavy atom. The Labute approximate surface area is 178 Å². The van der Waals surface area contributed by atoms with Crippen molar-refractivity contribution in [3.63, 3.8) is 0 Å². The maximum atomic E-state index is 12.7. The van der Waals surface area contributed by atoms with Crippen LogP contribution in [0.25, 0.3) is 11.2 Å². The van der Waals surface area contributed by atoms with E-state index >= 15 is 0 Å². The van der Waals surface area contributed by atoms with E-state index in [0.717, 1.165) is 15.5 Å². The molecule has 1 saturated heterocycles. The number of hydrogen-bond donors (Lipinski definition) is 5. The Kier molecular flexibility index (Phi) is 6.26. The Hall–Kier alpha value is -1.75. The monoisotopic (exact) mass is 499 g/mol. The summed E-state index contributed by atoms with van der Waals surface area (Å²) in [5, 5.41) is 20.7. The summed E-state index contributed by atoms with van der Waals surface area (Å²) in [7, 11) is -10.2. The van der Waals surface area contributed by atoms with Crippen LogP contribution in [-0.2, 0) is 38.7 Å². The molecule has 0 spiro atoms. The molecule has 0 radical (unpaired) electrons. The highest BCUT2D eigenvalue weighted by Gasteiger charge is 2.47. The molecule has 19 heteroatoms. The van der Waals surface area contributed by atoms with Crippen LogP contribution >= 0.6 is 15.6 Å². The average Bonchev–Trinajstić information content (AvgIpc) is 3.17. The van der Waals surface area contributed by atoms with Gasteiger partial charge in [0, 0.05) is 0 Å². The molecule has 6 atom stereocenters. The fraction of sp³-hybridized carbons (Fsp3) is 0.615. The summed E-state index contributed by atoms with van der Waals surface area (Å²) in [4.78, 5) is 40.0. The first-order valence-corrected chi connectivity index (χ1v) is 12.0. The molecule has 0 amide bonds. The van der Waals surface area contributed by atoms with Crippen molar-refractivity contribution in [3.8, 4) is 0 Å². The van der Waals surface area contributed by atoms with Crippen molar-refractivity contribution in [2.75, 3.05) is 25.6 Å². The third-order valence-corrected chi connectivity index (χ3v) is 7.24. The third kappa shape index (κ3) is 4.50. The number of aliphatic hydroxyl groups is 2. The molecular weight excluding hydrogens is 480 g/mol. The highest BCUT2D eigenvalue weighted by molar-refractivity contribution is 7.61. The number of nitrogens with zero attached hydrogens (tertiary/aromatic N) is 4. The molecular formula is C13H19N5O12P2. The van der Waals surface area contributed by atoms with Gasteiger partial charge in [0.1, 0.15) is 31.4 Å². The van der Waals surface area contributed by atoms with Crippen LogP contribution < -0.4 is 11.3 Å². The maximum Gasteiger partial charge on any atom is 0.481 e. The summed E-state index contributed by atoms with van der Waals surface area (Å²) in [5.41, 5.74) is 5.00. The van der Waals surface area contributed by atoms with E-state index in [-0.39, 0.29) is 30.4 Å². The van der Waals surface area contributed by atoms with Crippen LogP contribution in [0.4, 0.5) is 5.95 Å². The van der Waals surface area contributed by atoms with Gasteiger partial charge in [0.25, 0.3) is 5.56 Å². The SMILES string of the molecule is Nc1nc2c(=O)n3cnc2n1[C@@H]1O[C@H](COP(=O)(O)OP(=O)(O)OCCOC3)[C@@H](O)[C@H]1O. The molecule has 2 aromatic rings. The number of nitrogens with two attached hydrogens (primary N) is 1. The lowest BCUT2D eigenvalue weighted by Crippen LogP contribution is -2.33. The van der Waals surface area contributed by atoms with Crippen molar-refractivity contribution in [3.05, 3.63) is 16.7 Å². The fourth-order valence-electron chi connectivity index (χ4n) is 3.16. The lowest BCUT2D eigenvalue weighted by molar-refractivity contribution is -0.0495. The molecule has 17 nitrogen and oxygen atoms in total. The first-order valence-electron chi connectivity index (χ1n) is 8.97. The molecule has 6 bridgehead atoms. The van der Waals surface area contributed by atoms with Crippen LogP contribution in [0.5, 0.6) is 0 Å². The van der Waals surface area contributed by atoms with Crippen molar-refractivity contribution in [1.82, 2.24) is 19.1 Å². The molecule has 1 fully saturated rings. The summed E-state index contributed by atoms with van der Waals surface area (Å²) in [5.74, 6) is -0.259. The first-order chi connectivity index (χ1) is 15.0. The average molecular weight is 499 g/mol. The van der Waals surface area contributed by atoms with Crippen molar-refractivity contribution in [2.24, 2.45) is 0 Å². The molecule has 0 aliphatic carbocycles. The van der Waals surface area contributed by atoms with Gasteiger partial charge < -0.3 is 35.2 Å². The van der Waals surface area contributed by atoms with Crippen LogP contribution in [0.2, 0.25) is 0 Å². The normalized spacial score (nSPS) is 37.0. The zero-order valence-corrected chi connectivity index (χ0v) is 17.8. The number of anilines is 1. The van der Waals surface area contributed by atoms with E-state index < -0.39 is 59.0 Å². The molecule has 5 rings (SSSR count). The predicted molar refractivity (Wildman–Crippen MR) is 101 cm³/mol. The van der Waals surface area contributed by atoms with Crippen molar-refractivity contribution in [2.45, 2.75) is 31.3 Å². The summed E-state index contributed by atoms with van der Waals surface area (Å²) in [6.07, 6.45) is -4.96. The van der Waals surface area contributed by atoms with Gasteiger partial charge in [-0.2, -0.15) is 4.31 Å². The van der Waals surface area contributed by atoms with E-state index in [0.29, 0.717) is 0 Å². The van der Waals surface area contributed by atoms with Crippen LogP contribution in [-0.4, -0.2) is 77.2 Å². The first kappa shape index (κ1) is 23.4. The van der Waals surface area contributed by atoms with Gasteiger partial charge in [-0.1, -0.05) is 0 Å². The number of aromatic nitrogens is 4. The summed E-state index contributed by atoms with van der Waals surface area (Å²) < 4.78 is 49.9. The minimum Gasteiger partial charge on any atom is -0.387 e. The number of fused-ring (bicyclic) bond motifs is 10. The van der Waals surface area contributed by atoms with Gasteiger partial charge in [-0.3, -0.25) is 23.0 Å². The topological polar surface area (TPSA) is 240 Å². The van der Waals surface area contributed by atoms with E-state index in [2.05, 4.69) is 23.3 Å². The second kappa shape index (κ2) is 8.55. The number of phosphoric ester groups is 2. The number of aliphatic hydroxyl groups excluding tert-OH is 2. The van der Waals surface area contributed by atoms with E-state index in [4.69, 9.17) is 15.2 Å². The third-order valence-electron chi connectivity index (χ3n) is 4.61. The van der Waals surface area contributed by atoms with Gasteiger partial charge in [-0.15, -0.1) is 0 Å². The largest absolute Gasteiger partial charge is 0.481 e. The quantitative estimate of drug-likeness (QED) is 0.247. The number of nitrogen functional groups attached to an aromatic ring is 1. The Balaban J connectivity index is 1.72. The van der Waals surface area contributed by atoms with Crippen molar-refractivity contribution >= 4 is 32.8 Å². The zero-order valence-electron chi connectivity index (χ0n) is 16.0. The van der Waals surface area contributed by atoms with Crippen LogP contribution in [0.1, 0.15) is 6.23 Å². The highest BCUT2D eigenvalue weighted by Crippen LogP contribution is 2.60. The molecule has 3 aliphatic heterocycles. The molecule has 0 aromatic carbocycles. The molecule has 2 unspecified atom stereocenters. The Morgan fingerprint density at radius 3 is 2.59 bits per heavy atom. The highest BCUT2D eigenvalue weighted by atomic mass is 31.3. The fourth-order valence-corrected chi connectivity index (χ4v) is 5.22. The molecule has 6 N–H and O–H groups in total. The number of hydrogen-bond acceptors (Lipinski definition) is 13. The molecule has 0 saturated carbocycles. The van der Waals surface area contributed by atoms with E-state index in [1.165, 1.54) is 0 Å². The smallest absolute Gasteiger partial charge is 0.387 e. The van der Waals surface area contributed by atoms with Gasteiger partial charge in [0.05, 0.1) is 19.8 Å². The Bertz CT molecular complexity index is 1170. The van der Waals surface area contributed by atoms with Crippen molar-refractivity contribution in [1.29, 1.82) is 0 Å². The molecule has 3 aliphatic rings. The molecule has 5 heterocycles. The maximum absolute atomic E-state index is 12.7. The molecule has 178 valence electrons. The second-order valence-electron chi connectivity index (χ2n) is 6.76. The van der Waals surface area contributed by atoms with Crippen LogP contribution in [0.15, 0.2) is 11.1 Å². The summed E-state index contributed by atoms with van der Waals surface area (Å²) >= 11 is 0. The number of ether oxygens (including phenoxy) is 2. The van der Waals surface area contributed by atoms with Gasteiger partial charge >= 0.3 is 15.6 Å². The second-order valence-corrected chi connectivity index (χ2v) is 9.81. The standard InChI is InChI=1S/C13H19N5O12P2/c14-13-16-7-10-15-4-17(11(7)21)5-26-1-2-27-31(22,23)30-32(24,25)28-3-6-8(19)9(20)12(29-6)18(10)13/h4,6,8-9,12,19-20H,1-3,5H2,(H2,14,16)(H,22,23)(H,24,25)/t6-,8-,9-,12-/m1/s1.